The topological polar surface area (TPSA) is 37.6 Å². The van der Waals surface area contributed by atoms with Gasteiger partial charge in [-0.3, -0.25) is 4.90 Å². The van der Waals surface area contributed by atoms with E-state index in [-0.39, 0.29) is 0 Å². The molecule has 1 saturated heterocycles. The Hall–Kier alpha value is -0.840. The van der Waals surface area contributed by atoms with Crippen LogP contribution in [0.5, 0.6) is 0 Å². The van der Waals surface area contributed by atoms with Crippen LogP contribution in [0.25, 0.3) is 0 Å². The molecule has 4 nitrogen and oxygen atoms in total. The van der Waals surface area contributed by atoms with E-state index in [1.807, 2.05) is 0 Å². The van der Waals surface area contributed by atoms with E-state index in [2.05, 4.69) is 37.1 Å². The maximum atomic E-state index is 5.89. The summed E-state index contributed by atoms with van der Waals surface area (Å²) in [5, 5.41) is 3.48. The molecule has 0 aromatic carbocycles. The molecule has 0 amide bonds. The van der Waals surface area contributed by atoms with Crippen LogP contribution in [0.15, 0.2) is 10.5 Å². The summed E-state index contributed by atoms with van der Waals surface area (Å²) in [6.45, 7) is 13.2. The van der Waals surface area contributed by atoms with Crippen LogP contribution in [0.3, 0.4) is 0 Å². The Kier molecular flexibility index (Phi) is 6.07. The number of rotatable bonds is 6. The van der Waals surface area contributed by atoms with Gasteiger partial charge in [0.2, 0.25) is 0 Å². The highest BCUT2D eigenvalue weighted by Crippen LogP contribution is 2.17. The molecular formula is C16H28N2O2. The van der Waals surface area contributed by atoms with E-state index in [1.165, 1.54) is 5.56 Å². The molecule has 2 heterocycles. The van der Waals surface area contributed by atoms with Gasteiger partial charge in [0.05, 0.1) is 13.2 Å². The van der Waals surface area contributed by atoms with Crippen molar-refractivity contribution in [3.63, 3.8) is 0 Å². The zero-order valence-corrected chi connectivity index (χ0v) is 13.1. The number of hydrogen-bond acceptors (Lipinski definition) is 4. The van der Waals surface area contributed by atoms with Crippen molar-refractivity contribution >= 4 is 0 Å². The summed E-state index contributed by atoms with van der Waals surface area (Å²) < 4.78 is 11.4. The first-order valence-electron chi connectivity index (χ1n) is 7.74. The molecule has 1 aliphatic rings. The number of aryl methyl sites for hydroxylation is 1. The fourth-order valence-electron chi connectivity index (χ4n) is 2.51. The second-order valence-corrected chi connectivity index (χ2v) is 6.06. The molecule has 1 fully saturated rings. The molecule has 0 bridgehead atoms. The number of nitrogens with zero attached hydrogens (tertiary/aromatic N) is 1. The third-order valence-corrected chi connectivity index (χ3v) is 3.63. The van der Waals surface area contributed by atoms with E-state index in [0.717, 1.165) is 63.9 Å². The van der Waals surface area contributed by atoms with E-state index in [1.54, 1.807) is 0 Å². The van der Waals surface area contributed by atoms with E-state index in [4.69, 9.17) is 9.15 Å². The molecule has 4 heteroatoms. The molecule has 2 rings (SSSR count). The van der Waals surface area contributed by atoms with Gasteiger partial charge in [-0.25, -0.2) is 0 Å². The summed E-state index contributed by atoms with van der Waals surface area (Å²) in [5.41, 5.74) is 1.28. The summed E-state index contributed by atoms with van der Waals surface area (Å²) in [6, 6.07) is 2.20. The van der Waals surface area contributed by atoms with E-state index in [9.17, 15) is 0 Å². The Balaban J connectivity index is 1.85. The van der Waals surface area contributed by atoms with Crippen LogP contribution in [-0.4, -0.2) is 37.7 Å². The van der Waals surface area contributed by atoms with Gasteiger partial charge in [-0.2, -0.15) is 0 Å². The SMILES string of the molecule is Cc1oc(CN2CCCOCC2)cc1CNCC(C)C. The van der Waals surface area contributed by atoms with E-state index < -0.39 is 0 Å². The minimum atomic E-state index is 0.679. The molecule has 1 aromatic rings. The van der Waals surface area contributed by atoms with Gasteiger partial charge in [0.15, 0.2) is 0 Å². The Bertz CT molecular complexity index is 393. The van der Waals surface area contributed by atoms with Crippen LogP contribution < -0.4 is 5.32 Å². The van der Waals surface area contributed by atoms with Gasteiger partial charge in [0, 0.05) is 31.8 Å². The first-order chi connectivity index (χ1) is 9.65. The summed E-state index contributed by atoms with van der Waals surface area (Å²) in [7, 11) is 0. The molecule has 114 valence electrons. The average molecular weight is 280 g/mol. The van der Waals surface area contributed by atoms with Gasteiger partial charge < -0.3 is 14.5 Å². The van der Waals surface area contributed by atoms with Crippen LogP contribution in [0.4, 0.5) is 0 Å². The molecule has 1 aliphatic heterocycles. The highest BCUT2D eigenvalue weighted by Gasteiger charge is 2.13. The lowest BCUT2D eigenvalue weighted by molar-refractivity contribution is 0.139. The van der Waals surface area contributed by atoms with Gasteiger partial charge in [-0.05, 0) is 31.9 Å². The zero-order chi connectivity index (χ0) is 14.4. The maximum absolute atomic E-state index is 5.89. The quantitative estimate of drug-likeness (QED) is 0.869. The lowest BCUT2D eigenvalue weighted by Crippen LogP contribution is -2.25. The molecule has 0 spiro atoms. The molecule has 0 atom stereocenters. The lowest BCUT2D eigenvalue weighted by atomic mass is 10.2. The third-order valence-electron chi connectivity index (χ3n) is 3.63. The van der Waals surface area contributed by atoms with Crippen LogP contribution in [0.1, 0.15) is 37.4 Å². The number of ether oxygens (including phenoxy) is 1. The highest BCUT2D eigenvalue weighted by atomic mass is 16.5. The number of hydrogen-bond donors (Lipinski definition) is 1. The molecule has 1 N–H and O–H groups in total. The third kappa shape index (κ3) is 4.93. The van der Waals surface area contributed by atoms with Crippen LogP contribution in [0, 0.1) is 12.8 Å². The van der Waals surface area contributed by atoms with Gasteiger partial charge in [0.25, 0.3) is 0 Å². The average Bonchev–Trinajstić information content (AvgIpc) is 2.61. The Morgan fingerprint density at radius 2 is 2.15 bits per heavy atom. The molecular weight excluding hydrogens is 252 g/mol. The molecule has 0 unspecified atom stereocenters. The maximum Gasteiger partial charge on any atom is 0.118 e. The predicted octanol–water partition coefficient (Wildman–Crippen LogP) is 2.56. The summed E-state index contributed by atoms with van der Waals surface area (Å²) in [5.74, 6) is 2.80. The fraction of sp³-hybridized carbons (Fsp3) is 0.750. The molecule has 0 aliphatic carbocycles. The predicted molar refractivity (Wildman–Crippen MR) is 80.7 cm³/mol. The Morgan fingerprint density at radius 3 is 2.95 bits per heavy atom. The minimum Gasteiger partial charge on any atom is -0.465 e. The summed E-state index contributed by atoms with van der Waals surface area (Å²) >= 11 is 0. The second kappa shape index (κ2) is 7.81. The molecule has 1 aromatic heterocycles. The largest absolute Gasteiger partial charge is 0.465 e. The van der Waals surface area contributed by atoms with Gasteiger partial charge in [-0.15, -0.1) is 0 Å². The number of furan rings is 1. The molecule has 0 radical (unpaired) electrons. The molecule has 0 saturated carbocycles. The normalized spacial score (nSPS) is 17.6. The monoisotopic (exact) mass is 280 g/mol. The highest BCUT2D eigenvalue weighted by molar-refractivity contribution is 5.20. The van der Waals surface area contributed by atoms with Crippen molar-refractivity contribution in [2.24, 2.45) is 5.92 Å². The molecule has 20 heavy (non-hydrogen) atoms. The van der Waals surface area contributed by atoms with Crippen molar-refractivity contribution in [3.05, 3.63) is 23.2 Å². The second-order valence-electron chi connectivity index (χ2n) is 6.06. The lowest BCUT2D eigenvalue weighted by Gasteiger charge is -2.16. The van der Waals surface area contributed by atoms with Crippen molar-refractivity contribution in [3.8, 4) is 0 Å². The van der Waals surface area contributed by atoms with Crippen LogP contribution in [0.2, 0.25) is 0 Å². The number of nitrogens with one attached hydrogen (secondary N) is 1. The first kappa shape index (κ1) is 15.5. The smallest absolute Gasteiger partial charge is 0.118 e. The Labute approximate surface area is 122 Å². The van der Waals surface area contributed by atoms with Gasteiger partial charge >= 0.3 is 0 Å². The van der Waals surface area contributed by atoms with Crippen molar-refractivity contribution in [2.75, 3.05) is 32.8 Å². The Morgan fingerprint density at radius 1 is 1.30 bits per heavy atom. The fourth-order valence-corrected chi connectivity index (χ4v) is 2.51. The van der Waals surface area contributed by atoms with Gasteiger partial charge in [-0.1, -0.05) is 13.8 Å². The first-order valence-corrected chi connectivity index (χ1v) is 7.74. The zero-order valence-electron chi connectivity index (χ0n) is 13.1. The van der Waals surface area contributed by atoms with E-state index in [0.29, 0.717) is 5.92 Å². The summed E-state index contributed by atoms with van der Waals surface area (Å²) in [4.78, 5) is 2.41. The van der Waals surface area contributed by atoms with Crippen molar-refractivity contribution < 1.29 is 9.15 Å². The van der Waals surface area contributed by atoms with Crippen LogP contribution >= 0.6 is 0 Å². The standard InChI is InChI=1S/C16H28N2O2/c1-13(2)10-17-11-15-9-16(20-14(15)3)12-18-5-4-7-19-8-6-18/h9,13,17H,4-8,10-12H2,1-3H3. The van der Waals surface area contributed by atoms with Crippen molar-refractivity contribution in [1.82, 2.24) is 10.2 Å². The van der Waals surface area contributed by atoms with E-state index >= 15 is 0 Å². The minimum absolute atomic E-state index is 0.679. The van der Waals surface area contributed by atoms with Gasteiger partial charge in [0.1, 0.15) is 11.5 Å². The van der Waals surface area contributed by atoms with Crippen molar-refractivity contribution in [1.29, 1.82) is 0 Å². The van der Waals surface area contributed by atoms with Crippen molar-refractivity contribution in [2.45, 2.75) is 40.3 Å². The summed E-state index contributed by atoms with van der Waals surface area (Å²) in [6.07, 6.45) is 1.11. The van der Waals surface area contributed by atoms with Crippen LogP contribution in [-0.2, 0) is 17.8 Å².